The molecule has 2 aromatic carbocycles. The molecule has 0 aromatic heterocycles. The van der Waals surface area contributed by atoms with Crippen LogP contribution in [0.15, 0.2) is 48.5 Å². The zero-order chi connectivity index (χ0) is 25.5. The van der Waals surface area contributed by atoms with Crippen LogP contribution in [-0.4, -0.2) is 13.1 Å². The Bertz CT molecular complexity index is 994. The first-order valence-corrected chi connectivity index (χ1v) is 13.7. The van der Waals surface area contributed by atoms with Gasteiger partial charge in [0, 0.05) is 5.92 Å². The molecular formula is C33H46O2. The highest BCUT2D eigenvalue weighted by atomic mass is 16.5. The number of allylic oxidation sites excluding steroid dienone is 1. The Labute approximate surface area is 214 Å². The molecule has 0 heterocycles. The third-order valence-corrected chi connectivity index (χ3v) is 8.03. The first kappa shape index (κ1) is 27.2. The Balaban J connectivity index is 1.84. The van der Waals surface area contributed by atoms with E-state index in [1.54, 1.807) is 0 Å². The number of ether oxygens (including phenoxy) is 1. The molecule has 0 saturated carbocycles. The van der Waals surface area contributed by atoms with Crippen molar-refractivity contribution in [1.29, 1.82) is 0 Å². The number of hydrogen-bond donors (Lipinski definition) is 0. The van der Waals surface area contributed by atoms with Crippen molar-refractivity contribution in [2.24, 2.45) is 0 Å². The molecule has 1 atom stereocenters. The van der Waals surface area contributed by atoms with Gasteiger partial charge in [0.2, 0.25) is 0 Å². The molecule has 190 valence electrons. The summed E-state index contributed by atoms with van der Waals surface area (Å²) < 4.78 is 4.83. The Hall–Kier alpha value is -2.35. The molecule has 0 N–H and O–H groups in total. The molecule has 0 amide bonds. The average molecular weight is 475 g/mol. The van der Waals surface area contributed by atoms with E-state index >= 15 is 0 Å². The molecule has 0 saturated heterocycles. The van der Waals surface area contributed by atoms with Crippen LogP contribution < -0.4 is 0 Å². The van der Waals surface area contributed by atoms with Crippen LogP contribution in [0.3, 0.4) is 0 Å². The summed E-state index contributed by atoms with van der Waals surface area (Å²) in [7, 11) is 1.42. The van der Waals surface area contributed by atoms with Gasteiger partial charge in [-0.1, -0.05) is 116 Å². The van der Waals surface area contributed by atoms with E-state index in [0.717, 1.165) is 5.56 Å². The summed E-state index contributed by atoms with van der Waals surface area (Å²) in [4.78, 5) is 11.8. The number of unbranched alkanes of at least 4 members (excludes halogenated alkanes) is 5. The van der Waals surface area contributed by atoms with Crippen LogP contribution in [0.2, 0.25) is 0 Å². The van der Waals surface area contributed by atoms with Gasteiger partial charge in [-0.25, -0.2) is 4.79 Å². The second-order valence-corrected chi connectivity index (χ2v) is 11.7. The number of carbonyl (C=O) groups excluding carboxylic acids is 1. The largest absolute Gasteiger partial charge is 0.465 e. The molecule has 0 spiro atoms. The topological polar surface area (TPSA) is 26.3 Å². The fourth-order valence-electron chi connectivity index (χ4n) is 5.43. The third kappa shape index (κ3) is 7.09. The van der Waals surface area contributed by atoms with Gasteiger partial charge >= 0.3 is 5.97 Å². The lowest BCUT2D eigenvalue weighted by atomic mass is 9.62. The number of fused-ring (bicyclic) bond motifs is 1. The first-order chi connectivity index (χ1) is 16.7. The number of esters is 1. The molecule has 0 aliphatic heterocycles. The summed E-state index contributed by atoms with van der Waals surface area (Å²) >= 11 is 0. The summed E-state index contributed by atoms with van der Waals surface area (Å²) in [5.74, 6) is 0.105. The average Bonchev–Trinajstić information content (AvgIpc) is 2.85. The lowest BCUT2D eigenvalue weighted by Gasteiger charge is -2.42. The Morgan fingerprint density at radius 2 is 1.51 bits per heavy atom. The minimum absolute atomic E-state index is 0.221. The predicted molar refractivity (Wildman–Crippen MR) is 149 cm³/mol. The van der Waals surface area contributed by atoms with Gasteiger partial charge in [0.15, 0.2) is 0 Å². The molecule has 1 aliphatic carbocycles. The smallest absolute Gasteiger partial charge is 0.337 e. The van der Waals surface area contributed by atoms with Crippen molar-refractivity contribution in [2.45, 2.75) is 109 Å². The zero-order valence-corrected chi connectivity index (χ0v) is 23.0. The van der Waals surface area contributed by atoms with E-state index in [0.29, 0.717) is 11.5 Å². The van der Waals surface area contributed by atoms with Gasteiger partial charge in [-0.2, -0.15) is 0 Å². The fraction of sp³-hybridized carbons (Fsp3) is 0.545. The van der Waals surface area contributed by atoms with E-state index in [1.807, 2.05) is 24.3 Å². The van der Waals surface area contributed by atoms with Crippen molar-refractivity contribution in [3.8, 4) is 0 Å². The maximum absolute atomic E-state index is 11.8. The Morgan fingerprint density at radius 1 is 0.886 bits per heavy atom. The van der Waals surface area contributed by atoms with Crippen LogP contribution in [0.4, 0.5) is 0 Å². The zero-order valence-electron chi connectivity index (χ0n) is 23.0. The number of carbonyl (C=O) groups is 1. The second kappa shape index (κ2) is 12.1. The minimum atomic E-state index is -0.291. The van der Waals surface area contributed by atoms with Gasteiger partial charge < -0.3 is 4.74 Å². The monoisotopic (exact) mass is 474 g/mol. The van der Waals surface area contributed by atoms with Crippen molar-refractivity contribution in [2.75, 3.05) is 7.11 Å². The van der Waals surface area contributed by atoms with E-state index in [1.165, 1.54) is 81.6 Å². The number of hydrogen-bond acceptors (Lipinski definition) is 2. The molecule has 0 fully saturated rings. The minimum Gasteiger partial charge on any atom is -0.465 e. The molecule has 35 heavy (non-hydrogen) atoms. The Kier molecular flexibility index (Phi) is 9.39. The van der Waals surface area contributed by atoms with Crippen LogP contribution in [0.5, 0.6) is 0 Å². The molecule has 0 bridgehead atoms. The van der Waals surface area contributed by atoms with Crippen LogP contribution >= 0.6 is 0 Å². The second-order valence-electron chi connectivity index (χ2n) is 11.7. The highest BCUT2D eigenvalue weighted by molar-refractivity contribution is 5.89. The summed E-state index contributed by atoms with van der Waals surface area (Å²) in [5, 5.41) is 0. The van der Waals surface area contributed by atoms with Gasteiger partial charge in [0.25, 0.3) is 0 Å². The molecule has 0 radical (unpaired) electrons. The Morgan fingerprint density at radius 3 is 2.17 bits per heavy atom. The maximum atomic E-state index is 11.8. The van der Waals surface area contributed by atoms with E-state index in [2.05, 4.69) is 65.0 Å². The van der Waals surface area contributed by atoms with E-state index in [9.17, 15) is 4.79 Å². The van der Waals surface area contributed by atoms with Gasteiger partial charge in [-0.05, 0) is 64.5 Å². The molecule has 2 aromatic rings. The van der Waals surface area contributed by atoms with Crippen molar-refractivity contribution >= 4 is 12.0 Å². The van der Waals surface area contributed by atoms with Crippen molar-refractivity contribution in [3.63, 3.8) is 0 Å². The van der Waals surface area contributed by atoms with Crippen molar-refractivity contribution in [3.05, 3.63) is 76.4 Å². The van der Waals surface area contributed by atoms with E-state index in [-0.39, 0.29) is 16.8 Å². The van der Waals surface area contributed by atoms with Crippen LogP contribution in [-0.2, 0) is 15.6 Å². The van der Waals surface area contributed by atoms with Gasteiger partial charge in [-0.15, -0.1) is 0 Å². The number of rotatable bonds is 11. The highest BCUT2D eigenvalue weighted by Gasteiger charge is 2.37. The normalized spacial score (nSPS) is 17.2. The van der Waals surface area contributed by atoms with Gasteiger partial charge in [0.05, 0.1) is 12.7 Å². The molecule has 3 rings (SSSR count). The summed E-state index contributed by atoms with van der Waals surface area (Å²) in [5.41, 5.74) is 6.67. The maximum Gasteiger partial charge on any atom is 0.337 e. The molecule has 2 heteroatoms. The summed E-state index contributed by atoms with van der Waals surface area (Å²) in [6.07, 6.45) is 16.1. The van der Waals surface area contributed by atoms with E-state index in [4.69, 9.17) is 4.74 Å². The fourth-order valence-corrected chi connectivity index (χ4v) is 5.43. The lowest BCUT2D eigenvalue weighted by Crippen LogP contribution is -2.34. The quantitative estimate of drug-likeness (QED) is 0.239. The van der Waals surface area contributed by atoms with E-state index < -0.39 is 0 Å². The standard InChI is InChI=1S/C33H46O2/c1-7-8-9-10-11-12-13-26(17-14-25-15-18-27(19-16-25)31(34)35-6)28-20-21-29-30(24-28)33(4,5)23-22-32(29,2)3/h14-21,24,26H,7-13,22-23H2,1-6H3. The molecule has 1 aliphatic rings. The summed E-state index contributed by atoms with van der Waals surface area (Å²) in [6.45, 7) is 11.9. The lowest BCUT2D eigenvalue weighted by molar-refractivity contribution is 0.0600. The SMILES string of the molecule is CCCCCCCCC(C=Cc1ccc(C(=O)OC)cc1)c1ccc2c(c1)C(C)(C)CCC2(C)C. The van der Waals surface area contributed by atoms with Gasteiger partial charge in [0.1, 0.15) is 0 Å². The molecule has 1 unspecified atom stereocenters. The van der Waals surface area contributed by atoms with Gasteiger partial charge in [-0.3, -0.25) is 0 Å². The predicted octanol–water partition coefficient (Wildman–Crippen LogP) is 9.37. The van der Waals surface area contributed by atoms with Crippen molar-refractivity contribution in [1.82, 2.24) is 0 Å². The third-order valence-electron chi connectivity index (χ3n) is 8.03. The van der Waals surface area contributed by atoms with Crippen molar-refractivity contribution < 1.29 is 9.53 Å². The summed E-state index contributed by atoms with van der Waals surface area (Å²) in [6, 6.07) is 15.0. The molecule has 2 nitrogen and oxygen atoms in total. The highest BCUT2D eigenvalue weighted by Crippen LogP contribution is 2.46. The van der Waals surface area contributed by atoms with Crippen LogP contribution in [0.25, 0.3) is 6.08 Å². The van der Waals surface area contributed by atoms with Crippen LogP contribution in [0.1, 0.15) is 131 Å². The van der Waals surface area contributed by atoms with Crippen LogP contribution in [0, 0.1) is 0 Å². The number of benzene rings is 2. The molecular weight excluding hydrogens is 428 g/mol. The number of methoxy groups -OCH3 is 1. The first-order valence-electron chi connectivity index (χ1n) is 13.7.